The van der Waals surface area contributed by atoms with E-state index in [1.165, 1.54) is 6.92 Å². The van der Waals surface area contributed by atoms with Gasteiger partial charge in [-0.3, -0.25) is 14.9 Å². The molecule has 0 bridgehead atoms. The Kier molecular flexibility index (Phi) is 4.90. The Balaban J connectivity index is 3.82. The maximum Gasteiger partial charge on any atom is 0.318 e. The monoisotopic (exact) mass is 206 g/mol. The molecule has 0 aromatic carbocycles. The van der Waals surface area contributed by atoms with Gasteiger partial charge in [-0.25, -0.2) is 4.79 Å². The number of carbonyl (C=O) groups excluding carboxylic acids is 2. The number of carbonyl (C=O) groups is 3. The predicted octanol–water partition coefficient (Wildman–Crippen LogP) is -0.612. The Hall–Kier alpha value is -1.24. The van der Waals surface area contributed by atoms with Crippen LogP contribution in [0.3, 0.4) is 0 Å². The molecule has 13 heavy (non-hydrogen) atoms. The quantitative estimate of drug-likeness (QED) is 0.568. The van der Waals surface area contributed by atoms with Crippen LogP contribution in [0.15, 0.2) is 0 Å². The maximum atomic E-state index is 10.9. The third kappa shape index (κ3) is 5.97. The number of hydrogen-bond donors (Lipinski definition) is 3. The standard InChI is InChI=1S/C6H10N2O4S/c1-3(13-2-4(9)10)5(11)8-6(7)12/h3H,2H2,1H3,(H,9,10)(H3,7,8,11,12). The molecule has 7 heteroatoms. The van der Waals surface area contributed by atoms with Gasteiger partial charge in [-0.05, 0) is 6.92 Å². The van der Waals surface area contributed by atoms with Crippen LogP contribution in [0.4, 0.5) is 4.79 Å². The van der Waals surface area contributed by atoms with Gasteiger partial charge < -0.3 is 10.8 Å². The summed E-state index contributed by atoms with van der Waals surface area (Å²) in [5.74, 6) is -1.78. The summed E-state index contributed by atoms with van der Waals surface area (Å²) in [5, 5.41) is 9.53. The number of carboxylic acids is 1. The first kappa shape index (κ1) is 11.8. The molecule has 0 rings (SSSR count). The van der Waals surface area contributed by atoms with Crippen LogP contribution >= 0.6 is 11.8 Å². The average molecular weight is 206 g/mol. The second-order valence-corrected chi connectivity index (χ2v) is 3.53. The van der Waals surface area contributed by atoms with Crippen molar-refractivity contribution in [3.05, 3.63) is 0 Å². The maximum absolute atomic E-state index is 10.9. The number of aliphatic carboxylic acids is 1. The third-order valence-electron chi connectivity index (χ3n) is 1.07. The molecular weight excluding hydrogens is 196 g/mol. The van der Waals surface area contributed by atoms with Crippen molar-refractivity contribution in [2.24, 2.45) is 5.73 Å². The summed E-state index contributed by atoms with van der Waals surface area (Å²) >= 11 is 0.915. The number of primary amides is 1. The van der Waals surface area contributed by atoms with Crippen molar-refractivity contribution in [3.63, 3.8) is 0 Å². The lowest BCUT2D eigenvalue weighted by Gasteiger charge is -2.07. The highest BCUT2D eigenvalue weighted by Gasteiger charge is 2.15. The van der Waals surface area contributed by atoms with Crippen LogP contribution in [0.5, 0.6) is 0 Å². The summed E-state index contributed by atoms with van der Waals surface area (Å²) in [6.45, 7) is 1.49. The van der Waals surface area contributed by atoms with Crippen molar-refractivity contribution >= 4 is 29.7 Å². The van der Waals surface area contributed by atoms with Gasteiger partial charge in [-0.2, -0.15) is 0 Å². The van der Waals surface area contributed by atoms with Crippen LogP contribution < -0.4 is 11.1 Å². The number of amides is 3. The second kappa shape index (κ2) is 5.41. The van der Waals surface area contributed by atoms with Gasteiger partial charge in [0.25, 0.3) is 0 Å². The lowest BCUT2D eigenvalue weighted by molar-refractivity contribution is -0.133. The highest BCUT2D eigenvalue weighted by Crippen LogP contribution is 2.09. The average Bonchev–Trinajstić information content (AvgIpc) is 1.98. The molecular formula is C6H10N2O4S. The Morgan fingerprint density at radius 2 is 2.08 bits per heavy atom. The Bertz CT molecular complexity index is 231. The van der Waals surface area contributed by atoms with E-state index in [0.29, 0.717) is 0 Å². The van der Waals surface area contributed by atoms with E-state index in [4.69, 9.17) is 10.8 Å². The van der Waals surface area contributed by atoms with Crippen molar-refractivity contribution in [2.75, 3.05) is 5.75 Å². The fourth-order valence-corrected chi connectivity index (χ4v) is 1.10. The van der Waals surface area contributed by atoms with Gasteiger partial charge in [0.2, 0.25) is 5.91 Å². The number of nitrogens with one attached hydrogen (secondary N) is 1. The molecule has 0 spiro atoms. The third-order valence-corrected chi connectivity index (χ3v) is 2.20. The first-order valence-electron chi connectivity index (χ1n) is 3.37. The molecule has 74 valence electrons. The molecule has 3 amide bonds. The van der Waals surface area contributed by atoms with Gasteiger partial charge in [0.15, 0.2) is 0 Å². The molecule has 0 radical (unpaired) electrons. The highest BCUT2D eigenvalue weighted by atomic mass is 32.2. The number of hydrogen-bond acceptors (Lipinski definition) is 4. The number of rotatable bonds is 4. The molecule has 0 aromatic heterocycles. The minimum atomic E-state index is -1.01. The molecule has 0 aliphatic carbocycles. The van der Waals surface area contributed by atoms with Crippen LogP contribution in [-0.4, -0.2) is 34.0 Å². The molecule has 6 nitrogen and oxygen atoms in total. The van der Waals surface area contributed by atoms with E-state index in [9.17, 15) is 14.4 Å². The van der Waals surface area contributed by atoms with Crippen LogP contribution in [-0.2, 0) is 9.59 Å². The van der Waals surface area contributed by atoms with Gasteiger partial charge in [-0.15, -0.1) is 11.8 Å². The summed E-state index contributed by atoms with van der Waals surface area (Å²) in [7, 11) is 0. The first-order chi connectivity index (χ1) is 5.93. The zero-order valence-electron chi connectivity index (χ0n) is 6.94. The molecule has 4 N–H and O–H groups in total. The molecule has 0 fully saturated rings. The SMILES string of the molecule is CC(SCC(=O)O)C(=O)NC(N)=O. The molecule has 0 aromatic rings. The van der Waals surface area contributed by atoms with Crippen molar-refractivity contribution < 1.29 is 19.5 Å². The van der Waals surface area contributed by atoms with Crippen molar-refractivity contribution in [1.82, 2.24) is 5.32 Å². The number of urea groups is 1. The number of nitrogens with two attached hydrogens (primary N) is 1. The number of thioether (sulfide) groups is 1. The van der Waals surface area contributed by atoms with Crippen molar-refractivity contribution in [3.8, 4) is 0 Å². The van der Waals surface area contributed by atoms with E-state index < -0.39 is 23.2 Å². The fourth-order valence-electron chi connectivity index (χ4n) is 0.495. The summed E-state index contributed by atoms with van der Waals surface area (Å²) in [6, 6.07) is -0.937. The molecule has 0 aliphatic heterocycles. The Morgan fingerprint density at radius 1 is 1.54 bits per heavy atom. The van der Waals surface area contributed by atoms with Gasteiger partial charge >= 0.3 is 12.0 Å². The number of imide groups is 1. The lowest BCUT2D eigenvalue weighted by Crippen LogP contribution is -2.39. The summed E-state index contributed by atoms with van der Waals surface area (Å²) < 4.78 is 0. The summed E-state index contributed by atoms with van der Waals surface area (Å²) in [5.41, 5.74) is 4.69. The van der Waals surface area contributed by atoms with Gasteiger partial charge in [-0.1, -0.05) is 0 Å². The summed E-state index contributed by atoms with van der Waals surface area (Å²) in [6.07, 6.45) is 0. The predicted molar refractivity (Wildman–Crippen MR) is 47.3 cm³/mol. The van der Waals surface area contributed by atoms with Crippen LogP contribution in [0.1, 0.15) is 6.92 Å². The van der Waals surface area contributed by atoms with E-state index in [-0.39, 0.29) is 5.75 Å². The van der Waals surface area contributed by atoms with E-state index in [2.05, 4.69) is 0 Å². The molecule has 1 atom stereocenters. The Labute approximate surface area is 78.9 Å². The zero-order valence-corrected chi connectivity index (χ0v) is 7.76. The van der Waals surface area contributed by atoms with E-state index in [1.54, 1.807) is 0 Å². The van der Waals surface area contributed by atoms with Crippen LogP contribution in [0, 0.1) is 0 Å². The smallest absolute Gasteiger partial charge is 0.318 e. The van der Waals surface area contributed by atoms with E-state index >= 15 is 0 Å². The van der Waals surface area contributed by atoms with E-state index in [1.807, 2.05) is 5.32 Å². The van der Waals surface area contributed by atoms with Crippen LogP contribution in [0.25, 0.3) is 0 Å². The van der Waals surface area contributed by atoms with Gasteiger partial charge in [0.05, 0.1) is 11.0 Å². The number of carboxylic acid groups (broad SMARTS) is 1. The molecule has 0 heterocycles. The zero-order chi connectivity index (χ0) is 10.4. The van der Waals surface area contributed by atoms with E-state index in [0.717, 1.165) is 11.8 Å². The topological polar surface area (TPSA) is 109 Å². The molecule has 1 unspecified atom stereocenters. The lowest BCUT2D eigenvalue weighted by atomic mass is 10.4. The second-order valence-electron chi connectivity index (χ2n) is 2.20. The van der Waals surface area contributed by atoms with Crippen molar-refractivity contribution in [2.45, 2.75) is 12.2 Å². The molecule has 0 saturated heterocycles. The minimum Gasteiger partial charge on any atom is -0.481 e. The Morgan fingerprint density at radius 3 is 2.46 bits per heavy atom. The summed E-state index contributed by atoms with van der Waals surface area (Å²) in [4.78, 5) is 31.3. The minimum absolute atomic E-state index is 0.187. The van der Waals surface area contributed by atoms with Crippen LogP contribution in [0.2, 0.25) is 0 Å². The largest absolute Gasteiger partial charge is 0.481 e. The highest BCUT2D eigenvalue weighted by molar-refractivity contribution is 8.01. The van der Waals surface area contributed by atoms with Gasteiger partial charge in [0.1, 0.15) is 0 Å². The molecule has 0 saturated carbocycles. The normalized spacial score (nSPS) is 11.8. The van der Waals surface area contributed by atoms with Crippen molar-refractivity contribution in [1.29, 1.82) is 0 Å². The molecule has 0 aliphatic rings. The van der Waals surface area contributed by atoms with Gasteiger partial charge in [0, 0.05) is 0 Å². The fraction of sp³-hybridized carbons (Fsp3) is 0.500. The first-order valence-corrected chi connectivity index (χ1v) is 4.42.